The van der Waals surface area contributed by atoms with Crippen LogP contribution in [0.15, 0.2) is 66.6 Å². The Morgan fingerprint density at radius 3 is 2.65 bits per heavy atom. The first-order valence-electron chi connectivity index (χ1n) is 13.6. The standard InChI is InChI=1S/C31H38N4O2/c1-33-20-29(32)26-18-27(26)30-28(31(36)37-2)19-34-35(30)25-13-7-12-24(17-25)23-11-6-10-22(16-23)15-14-21-8-4-3-5-9-21/h6-7,10-13,16-17,19-21,26-27,33H,3-5,8-9,14-15,18,32H2,1-2H3/b29-20-/t26?,27-/m1/s1. The highest BCUT2D eigenvalue weighted by molar-refractivity contribution is 5.91. The highest BCUT2D eigenvalue weighted by atomic mass is 16.5. The predicted molar refractivity (Wildman–Crippen MR) is 147 cm³/mol. The van der Waals surface area contributed by atoms with E-state index in [1.807, 2.05) is 24.0 Å². The van der Waals surface area contributed by atoms with Gasteiger partial charge in [-0.2, -0.15) is 5.10 Å². The fourth-order valence-corrected chi connectivity index (χ4v) is 5.90. The number of aryl methyl sites for hydroxylation is 1. The van der Waals surface area contributed by atoms with Gasteiger partial charge in [0.05, 0.1) is 24.7 Å². The third-order valence-corrected chi connectivity index (χ3v) is 8.01. The Hall–Kier alpha value is -3.54. The molecule has 1 aromatic heterocycles. The van der Waals surface area contributed by atoms with E-state index in [2.05, 4.69) is 52.9 Å². The lowest BCUT2D eigenvalue weighted by atomic mass is 9.85. The summed E-state index contributed by atoms with van der Waals surface area (Å²) in [6.07, 6.45) is 13.7. The number of hydrogen-bond donors (Lipinski definition) is 2. The Kier molecular flexibility index (Phi) is 7.63. The largest absolute Gasteiger partial charge is 0.465 e. The zero-order valence-electron chi connectivity index (χ0n) is 22.0. The number of carbonyl (C=O) groups is 1. The van der Waals surface area contributed by atoms with Gasteiger partial charge in [0.15, 0.2) is 0 Å². The first-order valence-corrected chi connectivity index (χ1v) is 13.6. The number of nitrogens with one attached hydrogen (secondary N) is 1. The van der Waals surface area contributed by atoms with Crippen LogP contribution in [0.1, 0.15) is 72.5 Å². The Balaban J connectivity index is 1.41. The van der Waals surface area contributed by atoms with Crippen LogP contribution in [0.3, 0.4) is 0 Å². The molecule has 2 aliphatic rings. The Morgan fingerprint density at radius 2 is 1.89 bits per heavy atom. The van der Waals surface area contributed by atoms with Crippen LogP contribution >= 0.6 is 0 Å². The van der Waals surface area contributed by atoms with Gasteiger partial charge in [-0.1, -0.05) is 68.5 Å². The second-order valence-electron chi connectivity index (χ2n) is 10.5. The van der Waals surface area contributed by atoms with E-state index >= 15 is 0 Å². The number of allylic oxidation sites excluding steroid dienone is 1. The van der Waals surface area contributed by atoms with Gasteiger partial charge in [-0.3, -0.25) is 0 Å². The number of nitrogens with zero attached hydrogens (tertiary/aromatic N) is 2. The fourth-order valence-electron chi connectivity index (χ4n) is 5.90. The molecule has 3 N–H and O–H groups in total. The number of hydrogen-bond acceptors (Lipinski definition) is 5. The number of aromatic nitrogens is 2. The fraction of sp³-hybridized carbons (Fsp3) is 0.419. The van der Waals surface area contributed by atoms with Gasteiger partial charge in [0.25, 0.3) is 0 Å². The summed E-state index contributed by atoms with van der Waals surface area (Å²) in [4.78, 5) is 12.6. The highest BCUT2D eigenvalue weighted by Gasteiger charge is 2.45. The minimum atomic E-state index is -0.370. The van der Waals surface area contributed by atoms with Crippen LogP contribution in [0.25, 0.3) is 16.8 Å². The van der Waals surface area contributed by atoms with Gasteiger partial charge < -0.3 is 15.8 Å². The molecule has 2 atom stereocenters. The third kappa shape index (κ3) is 5.58. The lowest BCUT2D eigenvalue weighted by molar-refractivity contribution is 0.0599. The first-order chi connectivity index (χ1) is 18.1. The van der Waals surface area contributed by atoms with Crippen molar-refractivity contribution in [3.63, 3.8) is 0 Å². The number of nitrogens with two attached hydrogens (primary N) is 1. The maximum atomic E-state index is 12.6. The van der Waals surface area contributed by atoms with Gasteiger partial charge >= 0.3 is 5.97 Å². The van der Waals surface area contributed by atoms with E-state index in [-0.39, 0.29) is 17.8 Å². The topological polar surface area (TPSA) is 82.2 Å². The summed E-state index contributed by atoms with van der Waals surface area (Å²) in [6, 6.07) is 17.3. The zero-order valence-corrected chi connectivity index (χ0v) is 22.0. The summed E-state index contributed by atoms with van der Waals surface area (Å²) >= 11 is 0. The molecule has 0 saturated heterocycles. The highest BCUT2D eigenvalue weighted by Crippen LogP contribution is 2.51. The van der Waals surface area contributed by atoms with Crippen LogP contribution in [-0.4, -0.2) is 29.9 Å². The molecule has 1 heterocycles. The quantitative estimate of drug-likeness (QED) is 0.356. The molecule has 2 saturated carbocycles. The van der Waals surface area contributed by atoms with E-state index in [1.54, 1.807) is 6.20 Å². The molecular weight excluding hydrogens is 460 g/mol. The SMILES string of the molecule is CN/C=C(\N)C1C[C@H]1c1c(C(=O)OC)cnn1-c1cccc(-c2cccc(CCC3CCCCC3)c2)c1. The summed E-state index contributed by atoms with van der Waals surface area (Å²) in [6.45, 7) is 0. The summed E-state index contributed by atoms with van der Waals surface area (Å²) in [7, 11) is 3.25. The summed E-state index contributed by atoms with van der Waals surface area (Å²) in [5.41, 5.74) is 13.1. The van der Waals surface area contributed by atoms with Crippen molar-refractivity contribution in [3.8, 4) is 16.8 Å². The molecule has 0 amide bonds. The summed E-state index contributed by atoms with van der Waals surface area (Å²) in [5.74, 6) is 0.805. The van der Waals surface area contributed by atoms with E-state index in [0.29, 0.717) is 5.56 Å². The number of ether oxygens (including phenoxy) is 1. The molecule has 6 heteroatoms. The van der Waals surface area contributed by atoms with E-state index in [4.69, 9.17) is 10.5 Å². The molecule has 2 aliphatic carbocycles. The minimum absolute atomic E-state index is 0.118. The monoisotopic (exact) mass is 498 g/mol. The van der Waals surface area contributed by atoms with Crippen LogP contribution in [-0.2, 0) is 11.2 Å². The first kappa shape index (κ1) is 25.1. The molecule has 3 aromatic rings. The van der Waals surface area contributed by atoms with E-state index in [9.17, 15) is 4.79 Å². The smallest absolute Gasteiger partial charge is 0.341 e. The van der Waals surface area contributed by atoms with Gasteiger partial charge in [0.1, 0.15) is 5.56 Å². The number of carbonyl (C=O) groups excluding carboxylic acids is 1. The summed E-state index contributed by atoms with van der Waals surface area (Å²) in [5, 5.41) is 7.64. The Morgan fingerprint density at radius 1 is 1.14 bits per heavy atom. The Labute approximate surface area is 219 Å². The van der Waals surface area contributed by atoms with Gasteiger partial charge in [0, 0.05) is 30.8 Å². The average molecular weight is 499 g/mol. The van der Waals surface area contributed by atoms with Gasteiger partial charge in [-0.25, -0.2) is 9.48 Å². The second-order valence-corrected chi connectivity index (χ2v) is 10.5. The van der Waals surface area contributed by atoms with Gasteiger partial charge in [0.2, 0.25) is 0 Å². The van der Waals surface area contributed by atoms with Crippen LogP contribution in [0, 0.1) is 11.8 Å². The second kappa shape index (κ2) is 11.2. The molecule has 0 bridgehead atoms. The number of esters is 1. The molecule has 0 spiro atoms. The van der Waals surface area contributed by atoms with Crippen LogP contribution in [0.4, 0.5) is 0 Å². The molecule has 37 heavy (non-hydrogen) atoms. The normalized spacial score (nSPS) is 20.0. The van der Waals surface area contributed by atoms with Crippen molar-refractivity contribution in [2.24, 2.45) is 17.6 Å². The van der Waals surface area contributed by atoms with Crippen molar-refractivity contribution in [2.75, 3.05) is 14.2 Å². The molecule has 5 rings (SSSR count). The molecule has 6 nitrogen and oxygen atoms in total. The molecule has 0 aliphatic heterocycles. The van der Waals surface area contributed by atoms with E-state index < -0.39 is 0 Å². The van der Waals surface area contributed by atoms with Gasteiger partial charge in [-0.05, 0) is 54.0 Å². The number of benzene rings is 2. The number of methoxy groups -OCH3 is 1. The molecular formula is C31H38N4O2. The molecule has 2 fully saturated rings. The average Bonchev–Trinajstić information content (AvgIpc) is 3.62. The molecule has 1 unspecified atom stereocenters. The molecule has 194 valence electrons. The third-order valence-electron chi connectivity index (χ3n) is 8.01. The van der Waals surface area contributed by atoms with Crippen molar-refractivity contribution < 1.29 is 9.53 Å². The van der Waals surface area contributed by atoms with Crippen molar-refractivity contribution in [2.45, 2.75) is 57.3 Å². The minimum Gasteiger partial charge on any atom is -0.465 e. The van der Waals surface area contributed by atoms with Crippen LogP contribution < -0.4 is 11.1 Å². The lowest BCUT2D eigenvalue weighted by Crippen LogP contribution is -2.11. The number of rotatable bonds is 9. The maximum Gasteiger partial charge on any atom is 0.341 e. The molecule has 2 aromatic carbocycles. The predicted octanol–water partition coefficient (Wildman–Crippen LogP) is 5.96. The van der Waals surface area contributed by atoms with E-state index in [0.717, 1.165) is 41.4 Å². The van der Waals surface area contributed by atoms with E-state index in [1.165, 1.54) is 56.8 Å². The molecule has 0 radical (unpaired) electrons. The summed E-state index contributed by atoms with van der Waals surface area (Å²) < 4.78 is 6.96. The Bertz CT molecular complexity index is 1270. The van der Waals surface area contributed by atoms with Crippen molar-refractivity contribution in [1.82, 2.24) is 15.1 Å². The van der Waals surface area contributed by atoms with Crippen LogP contribution in [0.5, 0.6) is 0 Å². The van der Waals surface area contributed by atoms with Crippen molar-refractivity contribution >= 4 is 5.97 Å². The van der Waals surface area contributed by atoms with Gasteiger partial charge in [-0.15, -0.1) is 0 Å². The zero-order chi connectivity index (χ0) is 25.8. The lowest BCUT2D eigenvalue weighted by Gasteiger charge is -2.21. The van der Waals surface area contributed by atoms with Crippen LogP contribution in [0.2, 0.25) is 0 Å². The van der Waals surface area contributed by atoms with Crippen molar-refractivity contribution in [1.29, 1.82) is 0 Å². The maximum absolute atomic E-state index is 12.6. The van der Waals surface area contributed by atoms with Crippen molar-refractivity contribution in [3.05, 3.63) is 83.4 Å².